The van der Waals surface area contributed by atoms with Gasteiger partial charge in [-0.3, -0.25) is 9.80 Å². The van der Waals surface area contributed by atoms with Gasteiger partial charge in [-0.2, -0.15) is 0 Å². The predicted octanol–water partition coefficient (Wildman–Crippen LogP) is 4.91. The van der Waals surface area contributed by atoms with Gasteiger partial charge in [-0.1, -0.05) is 42.0 Å². The van der Waals surface area contributed by atoms with E-state index in [0.717, 1.165) is 13.1 Å². The second-order valence-electron chi connectivity index (χ2n) is 9.00. The Hall–Kier alpha value is -1.84. The zero-order chi connectivity index (χ0) is 20.1. The number of hydrogen-bond donors (Lipinski definition) is 0. The van der Waals surface area contributed by atoms with Crippen LogP contribution in [0.4, 0.5) is 5.69 Å². The molecule has 2 heterocycles. The fourth-order valence-corrected chi connectivity index (χ4v) is 4.89. The van der Waals surface area contributed by atoms with E-state index in [9.17, 15) is 0 Å². The lowest BCUT2D eigenvalue weighted by Gasteiger charge is -2.36. The van der Waals surface area contributed by atoms with Gasteiger partial charge in [0.2, 0.25) is 0 Å². The zero-order valence-corrected chi connectivity index (χ0v) is 18.3. The van der Waals surface area contributed by atoms with Gasteiger partial charge in [0.05, 0.1) is 0 Å². The van der Waals surface area contributed by atoms with E-state index >= 15 is 0 Å². The third kappa shape index (κ3) is 5.40. The van der Waals surface area contributed by atoms with E-state index in [-0.39, 0.29) is 0 Å². The number of aryl methyl sites for hydroxylation is 2. The molecule has 29 heavy (non-hydrogen) atoms. The molecule has 156 valence electrons. The first kappa shape index (κ1) is 20.4. The molecule has 2 saturated heterocycles. The molecule has 3 nitrogen and oxygen atoms in total. The summed E-state index contributed by atoms with van der Waals surface area (Å²) in [7, 11) is 2.26. The van der Waals surface area contributed by atoms with Gasteiger partial charge in [0.15, 0.2) is 0 Å². The van der Waals surface area contributed by atoms with Crippen molar-refractivity contribution in [3.05, 3.63) is 65.2 Å². The molecule has 2 aliphatic heterocycles. The minimum atomic E-state index is 0.641. The molecule has 1 atom stereocenters. The van der Waals surface area contributed by atoms with Gasteiger partial charge in [0, 0.05) is 37.9 Å². The summed E-state index contributed by atoms with van der Waals surface area (Å²) in [6.45, 7) is 9.33. The fourth-order valence-electron chi connectivity index (χ4n) is 4.89. The van der Waals surface area contributed by atoms with Gasteiger partial charge in [0.25, 0.3) is 0 Å². The van der Waals surface area contributed by atoms with Crippen molar-refractivity contribution in [2.75, 3.05) is 51.2 Å². The summed E-state index contributed by atoms with van der Waals surface area (Å²) in [6, 6.07) is 19.1. The minimum absolute atomic E-state index is 0.641. The largest absolute Gasteiger partial charge is 0.369 e. The molecule has 2 aliphatic rings. The SMILES string of the molecule is Cc1ccc(N2CCN(CCCCc3ccc(C4CCCN4C)cc3)CC2)cc1. The third-order valence-electron chi connectivity index (χ3n) is 6.85. The molecule has 0 saturated carbocycles. The third-order valence-corrected chi connectivity index (χ3v) is 6.85. The van der Waals surface area contributed by atoms with Crippen LogP contribution in [0, 0.1) is 6.92 Å². The molecule has 0 bridgehead atoms. The van der Waals surface area contributed by atoms with Crippen LogP contribution in [0.5, 0.6) is 0 Å². The lowest BCUT2D eigenvalue weighted by molar-refractivity contribution is 0.253. The van der Waals surface area contributed by atoms with Crippen LogP contribution in [0.1, 0.15) is 48.4 Å². The number of nitrogens with zero attached hydrogens (tertiary/aromatic N) is 3. The van der Waals surface area contributed by atoms with Crippen molar-refractivity contribution in [2.24, 2.45) is 0 Å². The van der Waals surface area contributed by atoms with Crippen LogP contribution < -0.4 is 4.90 Å². The van der Waals surface area contributed by atoms with Crippen LogP contribution in [-0.2, 0) is 6.42 Å². The molecule has 1 unspecified atom stereocenters. The van der Waals surface area contributed by atoms with Gasteiger partial charge in [-0.05, 0) is 82.4 Å². The van der Waals surface area contributed by atoms with Crippen LogP contribution in [0.2, 0.25) is 0 Å². The Morgan fingerprint density at radius 2 is 1.55 bits per heavy atom. The molecule has 3 heteroatoms. The molecule has 2 fully saturated rings. The summed E-state index contributed by atoms with van der Waals surface area (Å²) in [5.41, 5.74) is 5.72. The summed E-state index contributed by atoms with van der Waals surface area (Å²) in [5.74, 6) is 0. The lowest BCUT2D eigenvalue weighted by Crippen LogP contribution is -2.46. The Bertz CT molecular complexity index is 745. The van der Waals surface area contributed by atoms with E-state index in [4.69, 9.17) is 0 Å². The van der Waals surface area contributed by atoms with E-state index in [1.54, 1.807) is 0 Å². The molecule has 0 radical (unpaired) electrons. The minimum Gasteiger partial charge on any atom is -0.369 e. The van der Waals surface area contributed by atoms with E-state index < -0.39 is 0 Å². The van der Waals surface area contributed by atoms with Gasteiger partial charge in [-0.15, -0.1) is 0 Å². The number of likely N-dealkylation sites (tertiary alicyclic amines) is 1. The van der Waals surface area contributed by atoms with Gasteiger partial charge in [-0.25, -0.2) is 0 Å². The summed E-state index contributed by atoms with van der Waals surface area (Å²) in [5, 5.41) is 0. The molecule has 2 aromatic carbocycles. The molecule has 0 aliphatic carbocycles. The second-order valence-corrected chi connectivity index (χ2v) is 9.00. The first-order valence-corrected chi connectivity index (χ1v) is 11.5. The number of benzene rings is 2. The average molecular weight is 392 g/mol. The Morgan fingerprint density at radius 1 is 0.828 bits per heavy atom. The van der Waals surface area contributed by atoms with Crippen LogP contribution in [0.15, 0.2) is 48.5 Å². The molecule has 4 rings (SSSR count). The van der Waals surface area contributed by atoms with Crippen LogP contribution in [0.3, 0.4) is 0 Å². The Balaban J connectivity index is 1.14. The number of piperazine rings is 1. The number of unbranched alkanes of at least 4 members (excludes halogenated alkanes) is 1. The molecule has 2 aromatic rings. The highest BCUT2D eigenvalue weighted by atomic mass is 15.3. The molecule has 0 amide bonds. The van der Waals surface area contributed by atoms with Crippen molar-refractivity contribution in [3.8, 4) is 0 Å². The summed E-state index contributed by atoms with van der Waals surface area (Å²) in [6.07, 6.45) is 6.46. The number of rotatable bonds is 7. The number of hydrogen-bond acceptors (Lipinski definition) is 3. The van der Waals surface area contributed by atoms with E-state index in [1.165, 1.54) is 80.7 Å². The van der Waals surface area contributed by atoms with Crippen molar-refractivity contribution >= 4 is 5.69 Å². The quantitative estimate of drug-likeness (QED) is 0.621. The van der Waals surface area contributed by atoms with E-state index in [0.29, 0.717) is 6.04 Å². The van der Waals surface area contributed by atoms with Crippen LogP contribution in [0.25, 0.3) is 0 Å². The highest BCUT2D eigenvalue weighted by Gasteiger charge is 2.22. The molecular formula is C26H37N3. The summed E-state index contributed by atoms with van der Waals surface area (Å²) < 4.78 is 0. The van der Waals surface area contributed by atoms with Crippen LogP contribution >= 0.6 is 0 Å². The maximum absolute atomic E-state index is 2.64. The first-order chi connectivity index (χ1) is 14.2. The van der Waals surface area contributed by atoms with Gasteiger partial charge >= 0.3 is 0 Å². The van der Waals surface area contributed by atoms with E-state index in [1.807, 2.05) is 0 Å². The first-order valence-electron chi connectivity index (χ1n) is 11.5. The molecule has 0 N–H and O–H groups in total. The topological polar surface area (TPSA) is 9.72 Å². The lowest BCUT2D eigenvalue weighted by atomic mass is 10.0. The Kier molecular flexibility index (Phi) is 6.89. The Morgan fingerprint density at radius 3 is 2.21 bits per heavy atom. The highest BCUT2D eigenvalue weighted by Crippen LogP contribution is 2.30. The normalized spacial score (nSPS) is 21.0. The van der Waals surface area contributed by atoms with Crippen molar-refractivity contribution in [2.45, 2.75) is 45.1 Å². The molecule has 0 aromatic heterocycles. The molecule has 0 spiro atoms. The highest BCUT2D eigenvalue weighted by molar-refractivity contribution is 5.47. The van der Waals surface area contributed by atoms with Crippen molar-refractivity contribution < 1.29 is 0 Å². The maximum Gasteiger partial charge on any atom is 0.0367 e. The maximum atomic E-state index is 2.64. The van der Waals surface area contributed by atoms with Crippen molar-refractivity contribution in [1.82, 2.24) is 9.80 Å². The van der Waals surface area contributed by atoms with E-state index in [2.05, 4.69) is 77.2 Å². The molecular weight excluding hydrogens is 354 g/mol. The predicted molar refractivity (Wildman–Crippen MR) is 124 cm³/mol. The average Bonchev–Trinajstić information content (AvgIpc) is 3.19. The van der Waals surface area contributed by atoms with Crippen molar-refractivity contribution in [1.29, 1.82) is 0 Å². The standard InChI is InChI=1S/C26H37N3/c1-22-8-14-25(15-9-22)29-20-18-28(19-21-29)17-4-3-6-23-10-12-24(13-11-23)26-7-5-16-27(26)2/h8-15,26H,3-7,16-21H2,1-2H3. The summed E-state index contributed by atoms with van der Waals surface area (Å²) >= 11 is 0. The Labute approximate surface area is 177 Å². The second kappa shape index (κ2) is 9.77. The summed E-state index contributed by atoms with van der Waals surface area (Å²) in [4.78, 5) is 7.66. The van der Waals surface area contributed by atoms with Gasteiger partial charge in [0.1, 0.15) is 0 Å². The van der Waals surface area contributed by atoms with Crippen molar-refractivity contribution in [3.63, 3.8) is 0 Å². The fraction of sp³-hybridized carbons (Fsp3) is 0.538. The number of anilines is 1. The zero-order valence-electron chi connectivity index (χ0n) is 18.3. The monoisotopic (exact) mass is 391 g/mol. The van der Waals surface area contributed by atoms with Gasteiger partial charge < -0.3 is 4.90 Å². The smallest absolute Gasteiger partial charge is 0.0367 e. The van der Waals surface area contributed by atoms with Crippen LogP contribution in [-0.4, -0.2) is 56.1 Å².